The van der Waals surface area contributed by atoms with Gasteiger partial charge in [-0.3, -0.25) is 4.98 Å². The second-order valence-electron chi connectivity index (χ2n) is 8.48. The molecule has 1 atom stereocenters. The minimum Gasteiger partial charge on any atom is -0.459 e. The molecule has 1 aliphatic rings. The van der Waals surface area contributed by atoms with Crippen molar-refractivity contribution in [3.05, 3.63) is 59.4 Å². The average molecular weight is 431 g/mol. The van der Waals surface area contributed by atoms with Gasteiger partial charge >= 0.3 is 6.03 Å². The first-order valence-corrected chi connectivity index (χ1v) is 10.2. The Morgan fingerprint density at radius 3 is 2.58 bits per heavy atom. The molecule has 2 heterocycles. The minimum atomic E-state index is -2.60. The summed E-state index contributed by atoms with van der Waals surface area (Å²) in [5.41, 5.74) is 2.39. The normalized spacial score (nSPS) is 16.9. The molecule has 5 nitrogen and oxygen atoms in total. The molecule has 0 radical (unpaired) electrons. The number of anilines is 1. The number of alkyl halides is 2. The van der Waals surface area contributed by atoms with Crippen molar-refractivity contribution < 1.29 is 22.4 Å². The van der Waals surface area contributed by atoms with Crippen molar-refractivity contribution in [3.8, 4) is 0 Å². The Kier molecular flexibility index (Phi) is 5.41. The second-order valence-corrected chi connectivity index (χ2v) is 8.48. The lowest BCUT2D eigenvalue weighted by Crippen LogP contribution is -2.35. The molecule has 2 N–H and O–H groups in total. The Morgan fingerprint density at radius 2 is 1.97 bits per heavy atom. The van der Waals surface area contributed by atoms with Crippen LogP contribution in [0.15, 0.2) is 40.9 Å². The van der Waals surface area contributed by atoms with E-state index in [0.717, 1.165) is 5.56 Å². The Labute approximate surface area is 178 Å². The van der Waals surface area contributed by atoms with Crippen molar-refractivity contribution in [2.45, 2.75) is 51.5 Å². The van der Waals surface area contributed by atoms with Crippen molar-refractivity contribution in [1.29, 1.82) is 0 Å². The largest absolute Gasteiger partial charge is 0.459 e. The number of carbonyl (C=O) groups is 1. The lowest BCUT2D eigenvalue weighted by Gasteiger charge is -2.34. The molecule has 2 aromatic heterocycles. The number of nitrogens with zero attached hydrogens (tertiary/aromatic N) is 1. The Morgan fingerprint density at radius 1 is 1.23 bits per heavy atom. The van der Waals surface area contributed by atoms with E-state index in [1.165, 1.54) is 18.3 Å². The third-order valence-electron chi connectivity index (χ3n) is 5.72. The lowest BCUT2D eigenvalue weighted by molar-refractivity contribution is -0.0876. The zero-order chi connectivity index (χ0) is 22.3. The van der Waals surface area contributed by atoms with Crippen LogP contribution in [0.5, 0.6) is 0 Å². The van der Waals surface area contributed by atoms with Gasteiger partial charge in [0.2, 0.25) is 5.92 Å². The van der Waals surface area contributed by atoms with E-state index in [-0.39, 0.29) is 30.5 Å². The van der Waals surface area contributed by atoms with Gasteiger partial charge in [0.25, 0.3) is 0 Å². The molecule has 4 rings (SSSR count). The highest BCUT2D eigenvalue weighted by Gasteiger charge is 2.46. The highest BCUT2D eigenvalue weighted by atomic mass is 19.3. The van der Waals surface area contributed by atoms with Gasteiger partial charge in [-0.1, -0.05) is 13.8 Å². The maximum atomic E-state index is 13.6. The number of pyridine rings is 1. The van der Waals surface area contributed by atoms with E-state index < -0.39 is 18.0 Å². The highest BCUT2D eigenvalue weighted by molar-refractivity contribution is 5.89. The van der Waals surface area contributed by atoms with Gasteiger partial charge in [0, 0.05) is 35.4 Å². The van der Waals surface area contributed by atoms with Crippen LogP contribution < -0.4 is 10.6 Å². The SMILES string of the molecule is Cc1c([C@@H](NC(=O)Nc2ccc(C3CC(F)(F)C3)nc2)C(C)C)oc2ccc(F)cc12. The molecular weight excluding hydrogens is 407 g/mol. The monoisotopic (exact) mass is 431 g/mol. The third-order valence-corrected chi connectivity index (χ3v) is 5.72. The fraction of sp³-hybridized carbons (Fsp3) is 0.391. The lowest BCUT2D eigenvalue weighted by atomic mass is 9.79. The number of benzene rings is 1. The number of furan rings is 1. The summed E-state index contributed by atoms with van der Waals surface area (Å²) >= 11 is 0. The summed E-state index contributed by atoms with van der Waals surface area (Å²) in [5.74, 6) is -2.61. The van der Waals surface area contributed by atoms with E-state index in [0.29, 0.717) is 28.1 Å². The molecule has 3 aromatic rings. The number of carbonyl (C=O) groups excluding carboxylic acids is 1. The zero-order valence-corrected chi connectivity index (χ0v) is 17.5. The van der Waals surface area contributed by atoms with E-state index in [1.807, 2.05) is 20.8 Å². The maximum absolute atomic E-state index is 13.6. The van der Waals surface area contributed by atoms with Gasteiger partial charge < -0.3 is 15.1 Å². The third kappa shape index (κ3) is 4.38. The van der Waals surface area contributed by atoms with Gasteiger partial charge in [-0.25, -0.2) is 18.0 Å². The summed E-state index contributed by atoms with van der Waals surface area (Å²) in [4.78, 5) is 16.8. The first kappa shape index (κ1) is 21.2. The summed E-state index contributed by atoms with van der Waals surface area (Å²) in [7, 11) is 0. The van der Waals surface area contributed by atoms with Crippen molar-refractivity contribution in [3.63, 3.8) is 0 Å². The predicted molar refractivity (Wildman–Crippen MR) is 112 cm³/mol. The van der Waals surface area contributed by atoms with E-state index in [9.17, 15) is 18.0 Å². The van der Waals surface area contributed by atoms with E-state index in [1.54, 1.807) is 18.2 Å². The standard InChI is InChI=1S/C23H24F3N3O2/c1-12(2)20(21-13(3)17-8-15(24)4-7-19(17)31-21)29-22(30)28-16-5-6-18(27-11-16)14-9-23(25,26)10-14/h4-8,11-12,14,20H,9-10H2,1-3H3,(H2,28,29,30)/t20-/m0/s1. The van der Waals surface area contributed by atoms with Crippen LogP contribution in [0.2, 0.25) is 0 Å². The molecule has 31 heavy (non-hydrogen) atoms. The summed E-state index contributed by atoms with van der Waals surface area (Å²) < 4.78 is 45.6. The summed E-state index contributed by atoms with van der Waals surface area (Å²) in [6.07, 6.45) is 1.08. The molecule has 0 unspecified atom stereocenters. The van der Waals surface area contributed by atoms with Crippen LogP contribution in [-0.4, -0.2) is 16.9 Å². The maximum Gasteiger partial charge on any atom is 0.319 e. The summed E-state index contributed by atoms with van der Waals surface area (Å²) in [6, 6.07) is 6.76. The topological polar surface area (TPSA) is 67.2 Å². The zero-order valence-electron chi connectivity index (χ0n) is 17.5. The molecule has 1 fully saturated rings. The first-order chi connectivity index (χ1) is 14.6. The fourth-order valence-corrected chi connectivity index (χ4v) is 3.94. The number of nitrogens with one attached hydrogen (secondary N) is 2. The van der Waals surface area contributed by atoms with Gasteiger partial charge in [0.1, 0.15) is 17.2 Å². The molecule has 1 saturated carbocycles. The minimum absolute atomic E-state index is 0.00986. The Balaban J connectivity index is 1.45. The quantitative estimate of drug-likeness (QED) is 0.498. The second kappa shape index (κ2) is 7.90. The van der Waals surface area contributed by atoms with Crippen LogP contribution in [0.1, 0.15) is 55.7 Å². The molecule has 2 amide bonds. The Hall–Kier alpha value is -3.03. The van der Waals surface area contributed by atoms with Crippen LogP contribution in [0.25, 0.3) is 11.0 Å². The predicted octanol–water partition coefficient (Wildman–Crippen LogP) is 6.31. The van der Waals surface area contributed by atoms with Gasteiger partial charge in [-0.05, 0) is 43.2 Å². The molecular formula is C23H24F3N3O2. The van der Waals surface area contributed by atoms with Crippen molar-refractivity contribution in [1.82, 2.24) is 10.3 Å². The van der Waals surface area contributed by atoms with Gasteiger partial charge in [-0.2, -0.15) is 0 Å². The number of rotatable bonds is 5. The van der Waals surface area contributed by atoms with Crippen molar-refractivity contribution in [2.75, 3.05) is 5.32 Å². The first-order valence-electron chi connectivity index (χ1n) is 10.2. The number of fused-ring (bicyclic) bond motifs is 1. The summed E-state index contributed by atoms with van der Waals surface area (Å²) in [6.45, 7) is 5.73. The van der Waals surface area contributed by atoms with Crippen molar-refractivity contribution in [2.24, 2.45) is 5.92 Å². The smallest absolute Gasteiger partial charge is 0.319 e. The van der Waals surface area contributed by atoms with Crippen LogP contribution >= 0.6 is 0 Å². The number of aryl methyl sites for hydroxylation is 1. The molecule has 164 valence electrons. The molecule has 1 aliphatic carbocycles. The fourth-order valence-electron chi connectivity index (χ4n) is 3.94. The van der Waals surface area contributed by atoms with Crippen LogP contribution in [0.4, 0.5) is 23.7 Å². The molecule has 1 aromatic carbocycles. The van der Waals surface area contributed by atoms with Crippen molar-refractivity contribution >= 4 is 22.7 Å². The van der Waals surface area contributed by atoms with E-state index >= 15 is 0 Å². The molecule has 0 aliphatic heterocycles. The van der Waals surface area contributed by atoms with E-state index in [4.69, 9.17) is 4.42 Å². The number of amides is 2. The Bertz CT molecular complexity index is 1100. The van der Waals surface area contributed by atoms with Gasteiger partial charge in [0.15, 0.2) is 0 Å². The van der Waals surface area contributed by atoms with E-state index in [2.05, 4.69) is 15.6 Å². The summed E-state index contributed by atoms with van der Waals surface area (Å²) in [5, 5.41) is 6.29. The number of halogens is 3. The number of hydrogen-bond acceptors (Lipinski definition) is 3. The molecule has 0 spiro atoms. The number of urea groups is 1. The number of hydrogen-bond donors (Lipinski definition) is 2. The van der Waals surface area contributed by atoms with Gasteiger partial charge in [0.05, 0.1) is 17.9 Å². The molecule has 8 heteroatoms. The number of aromatic nitrogens is 1. The highest BCUT2D eigenvalue weighted by Crippen LogP contribution is 2.47. The molecule has 0 bridgehead atoms. The van der Waals surface area contributed by atoms with Crippen LogP contribution in [0.3, 0.4) is 0 Å². The molecule has 0 saturated heterocycles. The van der Waals surface area contributed by atoms with Crippen LogP contribution in [-0.2, 0) is 0 Å². The average Bonchev–Trinajstić information content (AvgIpc) is 3.00. The van der Waals surface area contributed by atoms with Crippen LogP contribution in [0, 0.1) is 18.7 Å². The van der Waals surface area contributed by atoms with Gasteiger partial charge in [-0.15, -0.1) is 0 Å².